The smallest absolute Gasteiger partial charge is 0.242 e. The highest BCUT2D eigenvalue weighted by molar-refractivity contribution is 7.92. The second kappa shape index (κ2) is 13.9. The number of hydrogen-bond acceptors (Lipinski definition) is 5. The topological polar surface area (TPSA) is 96.0 Å². The number of hydrogen-bond donors (Lipinski definition) is 1. The fourth-order valence-electron chi connectivity index (χ4n) is 3.64. The van der Waals surface area contributed by atoms with Crippen LogP contribution < -0.4 is 14.4 Å². The Morgan fingerprint density at radius 3 is 2.30 bits per heavy atom. The molecule has 0 unspecified atom stereocenters. The number of rotatable bonds is 13. The van der Waals surface area contributed by atoms with Crippen LogP contribution >= 0.6 is 23.2 Å². The number of ether oxygens (including phenoxy) is 1. The van der Waals surface area contributed by atoms with Crippen molar-refractivity contribution in [3.63, 3.8) is 0 Å². The minimum Gasteiger partial charge on any atom is -0.497 e. The van der Waals surface area contributed by atoms with E-state index in [4.69, 9.17) is 27.9 Å². The van der Waals surface area contributed by atoms with E-state index in [1.54, 1.807) is 32.2 Å². The first kappa shape index (κ1) is 30.7. The van der Waals surface area contributed by atoms with Crippen LogP contribution in [0.3, 0.4) is 0 Å². The molecule has 0 radical (unpaired) electrons. The predicted octanol–water partition coefficient (Wildman–Crippen LogP) is 4.88. The summed E-state index contributed by atoms with van der Waals surface area (Å²) in [6.45, 7) is 5.80. The summed E-state index contributed by atoms with van der Waals surface area (Å²) in [5.41, 5.74) is 1.08. The normalized spacial score (nSPS) is 12.9. The monoisotopic (exact) mass is 571 g/mol. The van der Waals surface area contributed by atoms with Crippen molar-refractivity contribution in [1.82, 2.24) is 10.2 Å². The van der Waals surface area contributed by atoms with E-state index in [-0.39, 0.29) is 54.5 Å². The Labute approximate surface area is 229 Å². The lowest BCUT2D eigenvalue weighted by atomic mass is 10.1. The summed E-state index contributed by atoms with van der Waals surface area (Å²) in [5, 5.41) is 3.51. The number of anilines is 1. The van der Waals surface area contributed by atoms with Crippen LogP contribution in [0, 0.1) is 0 Å². The summed E-state index contributed by atoms with van der Waals surface area (Å²) in [6, 6.07) is 11.1. The van der Waals surface area contributed by atoms with Gasteiger partial charge >= 0.3 is 0 Å². The summed E-state index contributed by atoms with van der Waals surface area (Å²) < 4.78 is 31.3. The van der Waals surface area contributed by atoms with E-state index < -0.39 is 16.1 Å². The third-order valence-electron chi connectivity index (χ3n) is 6.01. The molecule has 2 aromatic carbocycles. The molecule has 0 aliphatic heterocycles. The van der Waals surface area contributed by atoms with Gasteiger partial charge in [-0.2, -0.15) is 0 Å². The average molecular weight is 573 g/mol. The first-order valence-electron chi connectivity index (χ1n) is 12.0. The lowest BCUT2D eigenvalue weighted by Gasteiger charge is -2.30. The van der Waals surface area contributed by atoms with Crippen molar-refractivity contribution < 1.29 is 22.7 Å². The number of methoxy groups -OCH3 is 1. The molecule has 2 amide bonds. The molecule has 8 nitrogen and oxygen atoms in total. The molecule has 0 aromatic heterocycles. The van der Waals surface area contributed by atoms with Gasteiger partial charge in [-0.1, -0.05) is 42.3 Å². The highest BCUT2D eigenvalue weighted by Crippen LogP contribution is 2.31. The number of nitrogens with one attached hydrogen (secondary N) is 1. The van der Waals surface area contributed by atoms with Crippen LogP contribution in [0.15, 0.2) is 42.5 Å². The molecule has 2 atom stereocenters. The summed E-state index contributed by atoms with van der Waals surface area (Å²) in [6.07, 6.45) is 2.08. The molecule has 2 rings (SSSR count). The van der Waals surface area contributed by atoms with Crippen LogP contribution in [0.4, 0.5) is 5.69 Å². The number of carbonyl (C=O) groups excluding carboxylic acids is 2. The molecular weight excluding hydrogens is 537 g/mol. The van der Waals surface area contributed by atoms with Gasteiger partial charge in [-0.15, -0.1) is 0 Å². The van der Waals surface area contributed by atoms with Gasteiger partial charge in [0.15, 0.2) is 0 Å². The van der Waals surface area contributed by atoms with Crippen LogP contribution in [-0.2, 0) is 26.2 Å². The largest absolute Gasteiger partial charge is 0.497 e. The fraction of sp³-hybridized carbons (Fsp3) is 0.462. The van der Waals surface area contributed by atoms with Gasteiger partial charge in [-0.25, -0.2) is 8.42 Å². The minimum atomic E-state index is -3.69. The molecule has 1 N–H and O–H groups in total. The molecule has 0 bridgehead atoms. The number of amides is 2. The van der Waals surface area contributed by atoms with Crippen molar-refractivity contribution in [2.75, 3.05) is 24.2 Å². The number of nitrogens with zero attached hydrogens (tertiary/aromatic N) is 2. The first-order chi connectivity index (χ1) is 17.4. The van der Waals surface area contributed by atoms with Gasteiger partial charge in [0.25, 0.3) is 0 Å². The van der Waals surface area contributed by atoms with Gasteiger partial charge in [0.05, 0.1) is 24.1 Å². The third kappa shape index (κ3) is 9.09. The van der Waals surface area contributed by atoms with Crippen molar-refractivity contribution in [2.24, 2.45) is 0 Å². The van der Waals surface area contributed by atoms with Crippen LogP contribution in [0.25, 0.3) is 0 Å². The minimum absolute atomic E-state index is 0.0223. The standard InChI is InChI=1S/C26H35Cl2N3O5S/c1-6-18(2)29-26(33)19(3)30(17-20-9-12-22(36-4)13-10-20)25(32)8-7-15-31(37(5,34)35)24-16-21(27)11-14-23(24)28/h9-14,16,18-19H,6-8,15,17H2,1-5H3,(H,29,33)/t18-,19+/m0/s1. The second-order valence-corrected chi connectivity index (χ2v) is 11.6. The highest BCUT2D eigenvalue weighted by atomic mass is 35.5. The summed E-state index contributed by atoms with van der Waals surface area (Å²) in [4.78, 5) is 27.8. The maximum Gasteiger partial charge on any atom is 0.242 e. The molecule has 0 fully saturated rings. The van der Waals surface area contributed by atoms with Gasteiger partial charge in [0.1, 0.15) is 11.8 Å². The highest BCUT2D eigenvalue weighted by Gasteiger charge is 2.27. The second-order valence-electron chi connectivity index (χ2n) is 8.90. The Hall–Kier alpha value is -2.49. The maximum absolute atomic E-state index is 13.4. The number of benzene rings is 2. The Morgan fingerprint density at radius 1 is 1.08 bits per heavy atom. The molecular formula is C26H35Cl2N3O5S. The number of halogens is 2. The molecule has 0 saturated carbocycles. The van der Waals surface area contributed by atoms with E-state index in [9.17, 15) is 18.0 Å². The van der Waals surface area contributed by atoms with Crippen molar-refractivity contribution in [3.05, 3.63) is 58.1 Å². The summed E-state index contributed by atoms with van der Waals surface area (Å²) in [5.74, 6) is 0.165. The Bertz CT molecular complexity index is 1180. The van der Waals surface area contributed by atoms with Crippen LogP contribution in [0.2, 0.25) is 10.0 Å². The van der Waals surface area contributed by atoms with Crippen LogP contribution in [0.1, 0.15) is 45.6 Å². The van der Waals surface area contributed by atoms with Gasteiger partial charge in [0.2, 0.25) is 21.8 Å². The number of sulfonamides is 1. The van der Waals surface area contributed by atoms with E-state index in [0.29, 0.717) is 10.8 Å². The van der Waals surface area contributed by atoms with Crippen LogP contribution in [0.5, 0.6) is 5.75 Å². The molecule has 37 heavy (non-hydrogen) atoms. The first-order valence-corrected chi connectivity index (χ1v) is 14.6. The van der Waals surface area contributed by atoms with E-state index >= 15 is 0 Å². The zero-order valence-corrected chi connectivity index (χ0v) is 24.2. The zero-order valence-electron chi connectivity index (χ0n) is 21.8. The Kier molecular flexibility index (Phi) is 11.5. The molecule has 2 aromatic rings. The van der Waals surface area contributed by atoms with E-state index in [0.717, 1.165) is 22.5 Å². The maximum atomic E-state index is 13.4. The predicted molar refractivity (Wildman–Crippen MR) is 149 cm³/mol. The zero-order chi connectivity index (χ0) is 27.8. The SMILES string of the molecule is CC[C@H](C)NC(=O)[C@@H](C)N(Cc1ccc(OC)cc1)C(=O)CCCN(c1cc(Cl)ccc1Cl)S(C)(=O)=O. The van der Waals surface area contributed by atoms with Gasteiger partial charge < -0.3 is 15.0 Å². The molecule has 204 valence electrons. The third-order valence-corrected chi connectivity index (χ3v) is 7.74. The summed E-state index contributed by atoms with van der Waals surface area (Å²) >= 11 is 12.3. The van der Waals surface area contributed by atoms with Gasteiger partial charge in [-0.05, 0) is 62.6 Å². The van der Waals surface area contributed by atoms with Crippen molar-refractivity contribution in [1.29, 1.82) is 0 Å². The molecule has 0 saturated heterocycles. The van der Waals surface area contributed by atoms with Crippen LogP contribution in [-0.4, -0.2) is 57.1 Å². The quantitative estimate of drug-likeness (QED) is 0.369. The molecule has 0 spiro atoms. The number of carbonyl (C=O) groups is 2. The van der Waals surface area contributed by atoms with E-state index in [2.05, 4.69) is 5.32 Å². The van der Waals surface area contributed by atoms with Crippen molar-refractivity contribution >= 4 is 50.7 Å². The Morgan fingerprint density at radius 2 is 1.73 bits per heavy atom. The summed E-state index contributed by atoms with van der Waals surface area (Å²) in [7, 11) is -2.12. The van der Waals surface area contributed by atoms with E-state index in [1.807, 2.05) is 26.0 Å². The van der Waals surface area contributed by atoms with E-state index in [1.165, 1.54) is 17.0 Å². The molecule has 0 aliphatic rings. The van der Waals surface area contributed by atoms with Crippen molar-refractivity contribution in [3.8, 4) is 5.75 Å². The Balaban J connectivity index is 2.21. The molecule has 11 heteroatoms. The fourth-order valence-corrected chi connectivity index (χ4v) is 5.04. The average Bonchev–Trinajstić information content (AvgIpc) is 2.85. The lowest BCUT2D eigenvalue weighted by molar-refractivity contribution is -0.140. The van der Waals surface area contributed by atoms with Crippen molar-refractivity contribution in [2.45, 2.75) is 58.7 Å². The van der Waals surface area contributed by atoms with Gasteiger partial charge in [0, 0.05) is 30.6 Å². The molecule has 0 aliphatic carbocycles. The lowest BCUT2D eigenvalue weighted by Crippen LogP contribution is -2.49. The molecule has 0 heterocycles. The van der Waals surface area contributed by atoms with Gasteiger partial charge in [-0.3, -0.25) is 13.9 Å².